The number of hydrogen-bond donors (Lipinski definition) is 1. The van der Waals surface area contributed by atoms with Crippen LogP contribution in [0, 0.1) is 5.82 Å². The van der Waals surface area contributed by atoms with Gasteiger partial charge in [-0.15, -0.1) is 0 Å². The second-order valence-electron chi connectivity index (χ2n) is 7.50. The fourth-order valence-corrected chi connectivity index (χ4v) is 3.53. The monoisotopic (exact) mass is 474 g/mol. The zero-order valence-corrected chi connectivity index (χ0v) is 18.4. The predicted octanol–water partition coefficient (Wildman–Crippen LogP) is 6.38. The number of halogens is 4. The van der Waals surface area contributed by atoms with E-state index >= 15 is 0 Å². The molecule has 2 atom stereocenters. The molecule has 3 aromatic rings. The van der Waals surface area contributed by atoms with E-state index in [0.717, 1.165) is 12.1 Å². The standard InChI is InChI=1S/C25H22F4N2O3/c1-15(2)34-24(32)31-23(21-10-9-20(33-3)14-30-21)22(16-7-5-4-6-8-16)17-11-18(25(27,28)29)13-19(26)12-17/h4-14,22-23H,1H2,2-3H3,(H,31,32). The first-order chi connectivity index (χ1) is 16.1. The predicted molar refractivity (Wildman–Crippen MR) is 118 cm³/mol. The van der Waals surface area contributed by atoms with Gasteiger partial charge in [0.25, 0.3) is 0 Å². The van der Waals surface area contributed by atoms with Crippen LogP contribution in [-0.4, -0.2) is 18.2 Å². The quantitative estimate of drug-likeness (QED) is 0.319. The van der Waals surface area contributed by atoms with Crippen molar-refractivity contribution in [3.8, 4) is 5.75 Å². The number of nitrogens with zero attached hydrogens (tertiary/aromatic N) is 1. The second-order valence-corrected chi connectivity index (χ2v) is 7.50. The van der Waals surface area contributed by atoms with Crippen molar-refractivity contribution in [3.63, 3.8) is 0 Å². The van der Waals surface area contributed by atoms with Crippen LogP contribution in [0.15, 0.2) is 79.2 Å². The number of methoxy groups -OCH3 is 1. The summed E-state index contributed by atoms with van der Waals surface area (Å²) in [6, 6.07) is 12.9. The molecule has 1 amide bonds. The Morgan fingerprint density at radius 2 is 1.76 bits per heavy atom. The van der Waals surface area contributed by atoms with Crippen molar-refractivity contribution in [1.29, 1.82) is 0 Å². The highest BCUT2D eigenvalue weighted by molar-refractivity contribution is 5.69. The summed E-state index contributed by atoms with van der Waals surface area (Å²) in [4.78, 5) is 16.8. The minimum Gasteiger partial charge on any atom is -0.495 e. The van der Waals surface area contributed by atoms with Crippen LogP contribution in [0.2, 0.25) is 0 Å². The van der Waals surface area contributed by atoms with Crippen molar-refractivity contribution in [2.24, 2.45) is 0 Å². The smallest absolute Gasteiger partial charge is 0.416 e. The lowest BCUT2D eigenvalue weighted by Crippen LogP contribution is -2.34. The lowest BCUT2D eigenvalue weighted by molar-refractivity contribution is -0.137. The molecule has 2 aromatic carbocycles. The molecule has 178 valence electrons. The summed E-state index contributed by atoms with van der Waals surface area (Å²) >= 11 is 0. The highest BCUT2D eigenvalue weighted by Crippen LogP contribution is 2.40. The van der Waals surface area contributed by atoms with Gasteiger partial charge in [-0.05, 0) is 48.4 Å². The van der Waals surface area contributed by atoms with Gasteiger partial charge >= 0.3 is 12.3 Å². The second kappa shape index (κ2) is 10.4. The van der Waals surface area contributed by atoms with Gasteiger partial charge in [0.2, 0.25) is 0 Å². The number of pyridine rings is 1. The molecule has 0 bridgehead atoms. The average molecular weight is 474 g/mol. The van der Waals surface area contributed by atoms with Crippen LogP contribution in [0.5, 0.6) is 5.75 Å². The van der Waals surface area contributed by atoms with Crippen molar-refractivity contribution in [3.05, 3.63) is 107 Å². The van der Waals surface area contributed by atoms with Crippen molar-refractivity contribution < 1.29 is 31.8 Å². The lowest BCUT2D eigenvalue weighted by atomic mass is 9.82. The third-order valence-electron chi connectivity index (χ3n) is 4.95. The van der Waals surface area contributed by atoms with Crippen LogP contribution in [0.25, 0.3) is 0 Å². The third kappa shape index (κ3) is 6.12. The molecule has 0 spiro atoms. The van der Waals surface area contributed by atoms with Gasteiger partial charge in [-0.25, -0.2) is 9.18 Å². The van der Waals surface area contributed by atoms with Crippen molar-refractivity contribution >= 4 is 6.09 Å². The number of carbonyl (C=O) groups excluding carboxylic acids is 1. The molecule has 1 N–H and O–H groups in total. The number of benzene rings is 2. The maximum Gasteiger partial charge on any atom is 0.416 e. The Morgan fingerprint density at radius 1 is 1.06 bits per heavy atom. The Hall–Kier alpha value is -3.88. The van der Waals surface area contributed by atoms with Crippen molar-refractivity contribution in [2.75, 3.05) is 7.11 Å². The van der Waals surface area contributed by atoms with E-state index in [1.54, 1.807) is 42.5 Å². The molecule has 0 aliphatic rings. The van der Waals surface area contributed by atoms with Gasteiger partial charge in [-0.1, -0.05) is 36.9 Å². The SMILES string of the molecule is C=C(C)OC(=O)NC(c1ccc(OC)cn1)C(c1ccccc1)c1cc(F)cc(C(F)(F)F)c1. The van der Waals surface area contributed by atoms with E-state index < -0.39 is 35.6 Å². The lowest BCUT2D eigenvalue weighted by Gasteiger charge is -2.29. The van der Waals surface area contributed by atoms with E-state index in [2.05, 4.69) is 16.9 Å². The molecule has 5 nitrogen and oxygen atoms in total. The van der Waals surface area contributed by atoms with Gasteiger partial charge in [0.1, 0.15) is 11.6 Å². The molecule has 0 saturated carbocycles. The summed E-state index contributed by atoms with van der Waals surface area (Å²) in [5.41, 5.74) is -0.322. The molecular weight excluding hydrogens is 452 g/mol. The number of alkyl carbamates (subject to hydrolysis) is 1. The number of hydrogen-bond acceptors (Lipinski definition) is 4. The number of aromatic nitrogens is 1. The summed E-state index contributed by atoms with van der Waals surface area (Å²) in [6.07, 6.45) is -4.25. The topological polar surface area (TPSA) is 60.5 Å². The number of nitrogens with one attached hydrogen (secondary N) is 1. The van der Waals surface area contributed by atoms with Gasteiger partial charge in [0, 0.05) is 5.92 Å². The molecule has 0 radical (unpaired) electrons. The number of carbonyl (C=O) groups is 1. The first-order valence-corrected chi connectivity index (χ1v) is 10.1. The van der Waals surface area contributed by atoms with E-state index in [0.29, 0.717) is 23.1 Å². The van der Waals surface area contributed by atoms with Crippen LogP contribution in [-0.2, 0) is 10.9 Å². The van der Waals surface area contributed by atoms with Crippen LogP contribution in [0.4, 0.5) is 22.4 Å². The average Bonchev–Trinajstić information content (AvgIpc) is 2.78. The van der Waals surface area contributed by atoms with E-state index in [-0.39, 0.29) is 11.3 Å². The molecule has 0 fully saturated rings. The molecule has 3 rings (SSSR count). The Labute approximate surface area is 194 Å². The van der Waals surface area contributed by atoms with Crippen molar-refractivity contribution in [2.45, 2.75) is 25.1 Å². The molecule has 9 heteroatoms. The first kappa shape index (κ1) is 24.8. The summed E-state index contributed by atoms with van der Waals surface area (Å²) in [5, 5.41) is 2.65. The van der Waals surface area contributed by atoms with Crippen LogP contribution < -0.4 is 10.1 Å². The fourth-order valence-electron chi connectivity index (χ4n) is 3.53. The van der Waals surface area contributed by atoms with Crippen LogP contribution in [0.3, 0.4) is 0 Å². The molecule has 0 aliphatic carbocycles. The van der Waals surface area contributed by atoms with Crippen molar-refractivity contribution in [1.82, 2.24) is 10.3 Å². The van der Waals surface area contributed by atoms with Gasteiger partial charge in [0.15, 0.2) is 0 Å². The molecule has 1 aromatic heterocycles. The Balaban J connectivity index is 2.21. The Kier molecular flexibility index (Phi) is 7.55. The Bertz CT molecular complexity index is 1150. The number of allylic oxidation sites excluding steroid dienone is 1. The molecule has 0 aliphatic heterocycles. The first-order valence-electron chi connectivity index (χ1n) is 10.1. The van der Waals surface area contributed by atoms with E-state index in [4.69, 9.17) is 9.47 Å². The Morgan fingerprint density at radius 3 is 2.32 bits per heavy atom. The minimum absolute atomic E-state index is 0.00299. The molecule has 34 heavy (non-hydrogen) atoms. The van der Waals surface area contributed by atoms with E-state index in [9.17, 15) is 22.4 Å². The zero-order chi connectivity index (χ0) is 24.9. The number of alkyl halides is 3. The normalized spacial score (nSPS) is 13.0. The van der Waals surface area contributed by atoms with Gasteiger partial charge in [-0.3, -0.25) is 4.98 Å². The number of ether oxygens (including phenoxy) is 2. The number of rotatable bonds is 7. The maximum absolute atomic E-state index is 14.4. The maximum atomic E-state index is 14.4. The van der Waals surface area contributed by atoms with Gasteiger partial charge in [-0.2, -0.15) is 13.2 Å². The summed E-state index contributed by atoms with van der Waals surface area (Å²) < 4.78 is 65.0. The van der Waals surface area contributed by atoms with Gasteiger partial charge < -0.3 is 14.8 Å². The fraction of sp³-hybridized carbons (Fsp3) is 0.200. The molecule has 1 heterocycles. The molecule has 0 saturated heterocycles. The third-order valence-corrected chi connectivity index (χ3v) is 4.95. The van der Waals surface area contributed by atoms with Crippen LogP contribution >= 0.6 is 0 Å². The largest absolute Gasteiger partial charge is 0.495 e. The van der Waals surface area contributed by atoms with E-state index in [1.807, 2.05) is 0 Å². The highest BCUT2D eigenvalue weighted by atomic mass is 19.4. The summed E-state index contributed by atoms with van der Waals surface area (Å²) in [5.74, 6) is -1.46. The summed E-state index contributed by atoms with van der Waals surface area (Å²) in [7, 11) is 1.45. The van der Waals surface area contributed by atoms with Gasteiger partial charge in [0.05, 0.1) is 36.4 Å². The zero-order valence-electron chi connectivity index (χ0n) is 18.4. The van der Waals surface area contributed by atoms with E-state index in [1.165, 1.54) is 20.2 Å². The summed E-state index contributed by atoms with van der Waals surface area (Å²) in [6.45, 7) is 4.99. The molecule has 2 unspecified atom stereocenters. The molecular formula is C25H22F4N2O3. The highest BCUT2D eigenvalue weighted by Gasteiger charge is 2.35. The van der Waals surface area contributed by atoms with Crippen LogP contribution in [0.1, 0.15) is 41.3 Å². The number of amides is 1. The minimum atomic E-state index is -4.77.